The molecule has 0 saturated carbocycles. The fraction of sp³-hybridized carbons (Fsp3) is 0.150. The van der Waals surface area contributed by atoms with Crippen molar-refractivity contribution in [1.82, 2.24) is 0 Å². The summed E-state index contributed by atoms with van der Waals surface area (Å²) in [5.74, 6) is 0.462. The molecule has 0 radical (unpaired) electrons. The highest BCUT2D eigenvalue weighted by Gasteiger charge is 2.15. The number of benzene rings is 2. The molecule has 0 bridgehead atoms. The first kappa shape index (κ1) is 22.1. The summed E-state index contributed by atoms with van der Waals surface area (Å²) in [7, 11) is 2.90. The van der Waals surface area contributed by atoms with E-state index in [4.69, 9.17) is 31.1 Å². The zero-order valence-electron chi connectivity index (χ0n) is 15.5. The van der Waals surface area contributed by atoms with Crippen molar-refractivity contribution < 1.29 is 19.0 Å². The number of amides is 1. The Morgan fingerprint density at radius 1 is 1.21 bits per heavy atom. The minimum absolute atomic E-state index is 0.147. The summed E-state index contributed by atoms with van der Waals surface area (Å²) in [5, 5.41) is 21.1. The molecular weight excluding hydrogens is 462 g/mol. The smallest absolute Gasteiger partial charge is 0.266 e. The first-order chi connectivity index (χ1) is 13.9. The van der Waals surface area contributed by atoms with E-state index in [1.807, 2.05) is 12.1 Å². The van der Waals surface area contributed by atoms with Gasteiger partial charge in [0.15, 0.2) is 18.1 Å². The van der Waals surface area contributed by atoms with Crippen molar-refractivity contribution in [3.63, 3.8) is 0 Å². The van der Waals surface area contributed by atoms with Crippen molar-refractivity contribution in [3.05, 3.63) is 51.0 Å². The van der Waals surface area contributed by atoms with Crippen LogP contribution >= 0.6 is 27.5 Å². The molecule has 0 aliphatic heterocycles. The van der Waals surface area contributed by atoms with E-state index in [9.17, 15) is 10.1 Å². The Morgan fingerprint density at radius 3 is 2.55 bits per heavy atom. The maximum atomic E-state index is 12.6. The van der Waals surface area contributed by atoms with Crippen molar-refractivity contribution in [2.45, 2.75) is 0 Å². The third-order valence-electron chi connectivity index (χ3n) is 3.62. The van der Waals surface area contributed by atoms with Crippen LogP contribution in [0.25, 0.3) is 6.08 Å². The standard InChI is InChI=1S/C20H15BrClN3O4/c1-27-17-4-3-14(22)10-16(17)25-20(26)13(11-24)7-12-8-15(21)19(29-6-5-23)18(9-12)28-2/h3-4,7-10H,6H2,1-2H3,(H,25,26)/b13-7+. The minimum atomic E-state index is -0.632. The molecular formula is C20H15BrClN3O4. The molecule has 7 nitrogen and oxygen atoms in total. The lowest BCUT2D eigenvalue weighted by molar-refractivity contribution is -0.112. The summed E-state index contributed by atoms with van der Waals surface area (Å²) in [4.78, 5) is 12.6. The van der Waals surface area contributed by atoms with Gasteiger partial charge in [-0.1, -0.05) is 11.6 Å². The summed E-state index contributed by atoms with van der Waals surface area (Å²) in [5.41, 5.74) is 0.708. The van der Waals surface area contributed by atoms with Gasteiger partial charge in [-0.05, 0) is 57.9 Å². The summed E-state index contributed by atoms with van der Waals surface area (Å²) in [6.07, 6.45) is 1.40. The first-order valence-electron chi connectivity index (χ1n) is 8.07. The summed E-state index contributed by atoms with van der Waals surface area (Å²) in [6, 6.07) is 11.7. The largest absolute Gasteiger partial charge is 0.495 e. The maximum absolute atomic E-state index is 12.6. The number of halogens is 2. The number of nitrogens with zero attached hydrogens (tertiary/aromatic N) is 2. The molecule has 0 saturated heterocycles. The molecule has 0 atom stereocenters. The van der Waals surface area contributed by atoms with Gasteiger partial charge in [-0.2, -0.15) is 10.5 Å². The Labute approximate surface area is 181 Å². The second-order valence-corrected chi connectivity index (χ2v) is 6.74. The van der Waals surface area contributed by atoms with Crippen molar-refractivity contribution >= 4 is 45.2 Å². The van der Waals surface area contributed by atoms with Crippen LogP contribution in [0.5, 0.6) is 17.2 Å². The number of carbonyl (C=O) groups excluding carboxylic acids is 1. The number of methoxy groups -OCH3 is 2. The number of ether oxygens (including phenoxy) is 3. The molecule has 2 aromatic rings. The average Bonchev–Trinajstić information content (AvgIpc) is 2.70. The number of nitrogens with one attached hydrogen (secondary N) is 1. The van der Waals surface area contributed by atoms with E-state index in [-0.39, 0.29) is 12.2 Å². The highest BCUT2D eigenvalue weighted by molar-refractivity contribution is 9.10. The Kier molecular flexibility index (Phi) is 7.90. The van der Waals surface area contributed by atoms with Gasteiger partial charge in [-0.3, -0.25) is 4.79 Å². The molecule has 0 aromatic heterocycles. The summed E-state index contributed by atoms with van der Waals surface area (Å²) >= 11 is 9.30. The van der Waals surface area contributed by atoms with Crippen LogP contribution in [0.1, 0.15) is 5.56 Å². The van der Waals surface area contributed by atoms with Crippen LogP contribution in [0.2, 0.25) is 5.02 Å². The predicted octanol–water partition coefficient (Wildman–Crippen LogP) is 4.57. The van der Waals surface area contributed by atoms with Crippen LogP contribution in [-0.2, 0) is 4.79 Å². The Balaban J connectivity index is 2.35. The second kappa shape index (κ2) is 10.4. The van der Waals surface area contributed by atoms with Gasteiger partial charge >= 0.3 is 0 Å². The van der Waals surface area contributed by atoms with Crippen molar-refractivity contribution in [2.24, 2.45) is 0 Å². The molecule has 0 fully saturated rings. The number of rotatable bonds is 7. The van der Waals surface area contributed by atoms with Gasteiger partial charge in [0, 0.05) is 5.02 Å². The zero-order valence-corrected chi connectivity index (χ0v) is 17.8. The number of hydrogen-bond donors (Lipinski definition) is 1. The molecule has 0 unspecified atom stereocenters. The van der Waals surface area contributed by atoms with Gasteiger partial charge in [0.2, 0.25) is 0 Å². The van der Waals surface area contributed by atoms with Gasteiger partial charge in [-0.25, -0.2) is 0 Å². The molecule has 148 valence electrons. The maximum Gasteiger partial charge on any atom is 0.266 e. The van der Waals surface area contributed by atoms with Crippen molar-refractivity contribution in [2.75, 3.05) is 26.1 Å². The van der Waals surface area contributed by atoms with E-state index < -0.39 is 5.91 Å². The van der Waals surface area contributed by atoms with Gasteiger partial charge in [0.1, 0.15) is 23.5 Å². The van der Waals surface area contributed by atoms with Crippen LogP contribution in [0.4, 0.5) is 5.69 Å². The van der Waals surface area contributed by atoms with Crippen LogP contribution in [-0.4, -0.2) is 26.7 Å². The van der Waals surface area contributed by atoms with Crippen LogP contribution in [0, 0.1) is 22.7 Å². The minimum Gasteiger partial charge on any atom is -0.495 e. The van der Waals surface area contributed by atoms with E-state index in [1.54, 1.807) is 24.3 Å². The topological polar surface area (TPSA) is 104 Å². The van der Waals surface area contributed by atoms with E-state index in [0.29, 0.717) is 38.0 Å². The SMILES string of the molecule is COc1ccc(Cl)cc1NC(=O)/C(C#N)=C/c1cc(Br)c(OCC#N)c(OC)c1. The summed E-state index contributed by atoms with van der Waals surface area (Å²) < 4.78 is 16.3. The Hall–Kier alpha value is -3.20. The van der Waals surface area contributed by atoms with Gasteiger partial charge in [0.25, 0.3) is 5.91 Å². The fourth-order valence-electron chi connectivity index (χ4n) is 2.35. The number of carbonyl (C=O) groups is 1. The summed E-state index contributed by atoms with van der Waals surface area (Å²) in [6.45, 7) is -0.155. The highest BCUT2D eigenvalue weighted by atomic mass is 79.9. The molecule has 0 spiro atoms. The third-order valence-corrected chi connectivity index (χ3v) is 4.44. The predicted molar refractivity (Wildman–Crippen MR) is 112 cm³/mol. The van der Waals surface area contributed by atoms with Crippen LogP contribution in [0.3, 0.4) is 0 Å². The lowest BCUT2D eigenvalue weighted by Gasteiger charge is -2.12. The molecule has 29 heavy (non-hydrogen) atoms. The highest BCUT2D eigenvalue weighted by Crippen LogP contribution is 2.37. The van der Waals surface area contributed by atoms with E-state index in [0.717, 1.165) is 0 Å². The second-order valence-electron chi connectivity index (χ2n) is 5.45. The van der Waals surface area contributed by atoms with E-state index >= 15 is 0 Å². The van der Waals surface area contributed by atoms with E-state index in [1.165, 1.54) is 26.4 Å². The Morgan fingerprint density at radius 2 is 1.93 bits per heavy atom. The van der Waals surface area contributed by atoms with Gasteiger partial charge < -0.3 is 19.5 Å². The van der Waals surface area contributed by atoms with E-state index in [2.05, 4.69) is 21.2 Å². The molecule has 0 aliphatic carbocycles. The quantitative estimate of drug-likeness (QED) is 0.464. The lowest BCUT2D eigenvalue weighted by atomic mass is 10.1. The van der Waals surface area contributed by atoms with Crippen molar-refractivity contribution in [3.8, 4) is 29.4 Å². The molecule has 0 aliphatic rings. The Bertz CT molecular complexity index is 1040. The molecule has 0 heterocycles. The zero-order chi connectivity index (χ0) is 21.4. The first-order valence-corrected chi connectivity index (χ1v) is 9.24. The number of nitriles is 2. The molecule has 9 heteroatoms. The monoisotopic (exact) mass is 475 g/mol. The number of hydrogen-bond acceptors (Lipinski definition) is 6. The van der Waals surface area contributed by atoms with Crippen LogP contribution < -0.4 is 19.5 Å². The average molecular weight is 477 g/mol. The molecule has 2 aromatic carbocycles. The molecule has 1 N–H and O–H groups in total. The molecule has 2 rings (SSSR count). The fourth-order valence-corrected chi connectivity index (χ4v) is 3.10. The van der Waals surface area contributed by atoms with Gasteiger partial charge in [-0.15, -0.1) is 0 Å². The van der Waals surface area contributed by atoms with Crippen molar-refractivity contribution in [1.29, 1.82) is 10.5 Å². The van der Waals surface area contributed by atoms with Crippen LogP contribution in [0.15, 0.2) is 40.4 Å². The third kappa shape index (κ3) is 5.64. The lowest BCUT2D eigenvalue weighted by Crippen LogP contribution is -2.14. The number of anilines is 1. The molecule has 1 amide bonds. The normalized spacial score (nSPS) is 10.5. The van der Waals surface area contributed by atoms with Gasteiger partial charge in [0.05, 0.1) is 24.4 Å².